The van der Waals surface area contributed by atoms with Crippen molar-refractivity contribution in [1.29, 1.82) is 0 Å². The first-order valence-corrected chi connectivity index (χ1v) is 3.85. The third kappa shape index (κ3) is 1.06. The van der Waals surface area contributed by atoms with Crippen LogP contribution in [0, 0.1) is 6.92 Å². The van der Waals surface area contributed by atoms with Crippen molar-refractivity contribution >= 4 is 11.5 Å². The van der Waals surface area contributed by atoms with Crippen molar-refractivity contribution in [2.24, 2.45) is 4.99 Å². The van der Waals surface area contributed by atoms with E-state index in [0.29, 0.717) is 0 Å². The van der Waals surface area contributed by atoms with Crippen molar-refractivity contribution in [2.45, 2.75) is 26.7 Å². The molecule has 3 nitrogen and oxygen atoms in total. The van der Waals surface area contributed by atoms with Gasteiger partial charge in [-0.05, 0) is 26.7 Å². The Morgan fingerprint density at radius 1 is 1.27 bits per heavy atom. The summed E-state index contributed by atoms with van der Waals surface area (Å²) in [5.41, 5.74) is 2.37. The molecule has 0 radical (unpaired) electrons. The lowest BCUT2D eigenvalue weighted by Gasteiger charge is -2.05. The minimum Gasteiger partial charge on any atom is -0.344 e. The molecule has 0 unspecified atom stereocenters. The summed E-state index contributed by atoms with van der Waals surface area (Å²) in [7, 11) is 0. The van der Waals surface area contributed by atoms with Crippen LogP contribution in [0.4, 0.5) is 5.82 Å². The maximum atomic E-state index is 4.34. The number of aromatic amines is 1. The standard InChI is InChI=1S/C8H11N3/c1-5-3-4-7-8(9-5)11-6(2)10-7/h3-4H2,1-2H3,(H,10,11). The first kappa shape index (κ1) is 6.58. The van der Waals surface area contributed by atoms with E-state index in [9.17, 15) is 0 Å². The maximum absolute atomic E-state index is 4.34. The van der Waals surface area contributed by atoms with Gasteiger partial charge in [0.05, 0.1) is 5.69 Å². The van der Waals surface area contributed by atoms with Crippen LogP contribution in [0.3, 0.4) is 0 Å². The van der Waals surface area contributed by atoms with Gasteiger partial charge in [-0.15, -0.1) is 0 Å². The molecular formula is C8H11N3. The molecule has 2 heterocycles. The lowest BCUT2D eigenvalue weighted by atomic mass is 10.1. The first-order chi connectivity index (χ1) is 5.25. The number of nitrogens with one attached hydrogen (secondary N) is 1. The summed E-state index contributed by atoms with van der Waals surface area (Å²) in [6.45, 7) is 4.01. The summed E-state index contributed by atoms with van der Waals surface area (Å²) in [5.74, 6) is 1.86. The van der Waals surface area contributed by atoms with Crippen LogP contribution in [-0.2, 0) is 6.42 Å². The van der Waals surface area contributed by atoms with Crippen molar-refractivity contribution in [1.82, 2.24) is 9.97 Å². The number of aliphatic imine (C=N–C) groups is 1. The predicted molar refractivity (Wildman–Crippen MR) is 44.4 cm³/mol. The van der Waals surface area contributed by atoms with Gasteiger partial charge >= 0.3 is 0 Å². The van der Waals surface area contributed by atoms with E-state index in [1.807, 2.05) is 13.8 Å². The van der Waals surface area contributed by atoms with E-state index >= 15 is 0 Å². The van der Waals surface area contributed by atoms with Crippen molar-refractivity contribution in [3.05, 3.63) is 11.5 Å². The number of nitrogens with zero attached hydrogens (tertiary/aromatic N) is 2. The molecule has 1 aliphatic rings. The third-order valence-electron chi connectivity index (χ3n) is 1.91. The highest BCUT2D eigenvalue weighted by molar-refractivity contribution is 5.86. The Labute approximate surface area is 65.6 Å². The number of aryl methyl sites for hydroxylation is 2. The molecule has 0 aromatic carbocycles. The monoisotopic (exact) mass is 149 g/mol. The van der Waals surface area contributed by atoms with Gasteiger partial charge in [0.25, 0.3) is 0 Å². The molecule has 58 valence electrons. The van der Waals surface area contributed by atoms with Crippen molar-refractivity contribution < 1.29 is 0 Å². The third-order valence-corrected chi connectivity index (χ3v) is 1.91. The molecule has 2 rings (SSSR count). The van der Waals surface area contributed by atoms with E-state index in [0.717, 1.165) is 24.5 Å². The smallest absolute Gasteiger partial charge is 0.173 e. The molecule has 1 aromatic heterocycles. The zero-order valence-electron chi connectivity index (χ0n) is 6.81. The topological polar surface area (TPSA) is 41.0 Å². The van der Waals surface area contributed by atoms with Gasteiger partial charge in [-0.2, -0.15) is 0 Å². The molecule has 1 N–H and O–H groups in total. The van der Waals surface area contributed by atoms with Crippen LogP contribution in [0.15, 0.2) is 4.99 Å². The summed E-state index contributed by atoms with van der Waals surface area (Å²) in [6, 6.07) is 0. The maximum Gasteiger partial charge on any atom is 0.173 e. The lowest BCUT2D eigenvalue weighted by Crippen LogP contribution is -2.00. The fourth-order valence-electron chi connectivity index (χ4n) is 1.34. The van der Waals surface area contributed by atoms with Gasteiger partial charge in [0.2, 0.25) is 0 Å². The van der Waals surface area contributed by atoms with E-state index in [-0.39, 0.29) is 0 Å². The van der Waals surface area contributed by atoms with Gasteiger partial charge < -0.3 is 4.98 Å². The summed E-state index contributed by atoms with van der Waals surface area (Å²) in [6.07, 6.45) is 2.13. The van der Waals surface area contributed by atoms with Crippen molar-refractivity contribution in [3.8, 4) is 0 Å². The normalized spacial score (nSPS) is 16.0. The summed E-state index contributed by atoms with van der Waals surface area (Å²) >= 11 is 0. The number of imidazole rings is 1. The molecule has 0 saturated carbocycles. The Kier molecular flexibility index (Phi) is 1.31. The quantitative estimate of drug-likeness (QED) is 0.600. The zero-order chi connectivity index (χ0) is 7.84. The molecule has 0 amide bonds. The Hall–Kier alpha value is -1.12. The Bertz CT molecular complexity index is 309. The number of fused-ring (bicyclic) bond motifs is 1. The average molecular weight is 149 g/mol. The highest BCUT2D eigenvalue weighted by Gasteiger charge is 2.12. The van der Waals surface area contributed by atoms with E-state index in [2.05, 4.69) is 15.0 Å². The minimum absolute atomic E-state index is 0.895. The van der Waals surface area contributed by atoms with Crippen LogP contribution in [-0.4, -0.2) is 15.7 Å². The lowest BCUT2D eigenvalue weighted by molar-refractivity contribution is 0.953. The van der Waals surface area contributed by atoms with Gasteiger partial charge in [0.15, 0.2) is 5.82 Å². The van der Waals surface area contributed by atoms with Gasteiger partial charge in [-0.1, -0.05) is 0 Å². The van der Waals surface area contributed by atoms with Crippen LogP contribution in [0.2, 0.25) is 0 Å². The fourth-order valence-corrected chi connectivity index (χ4v) is 1.34. The van der Waals surface area contributed by atoms with Crippen LogP contribution in [0.5, 0.6) is 0 Å². The summed E-state index contributed by atoms with van der Waals surface area (Å²) in [5, 5.41) is 0. The second-order valence-corrected chi connectivity index (χ2v) is 2.97. The Morgan fingerprint density at radius 2 is 2.09 bits per heavy atom. The Balaban J connectivity index is 2.50. The van der Waals surface area contributed by atoms with Crippen molar-refractivity contribution in [3.63, 3.8) is 0 Å². The second-order valence-electron chi connectivity index (χ2n) is 2.97. The highest BCUT2D eigenvalue weighted by atomic mass is 15.0. The molecule has 0 spiro atoms. The molecule has 0 atom stereocenters. The van der Waals surface area contributed by atoms with Gasteiger partial charge in [-0.3, -0.25) is 0 Å². The average Bonchev–Trinajstić information content (AvgIpc) is 2.27. The number of rotatable bonds is 0. The number of hydrogen-bond donors (Lipinski definition) is 1. The number of H-pyrrole nitrogens is 1. The molecular weight excluding hydrogens is 138 g/mol. The molecule has 0 aliphatic carbocycles. The zero-order valence-corrected chi connectivity index (χ0v) is 6.81. The summed E-state index contributed by atoms with van der Waals surface area (Å²) < 4.78 is 0. The summed E-state index contributed by atoms with van der Waals surface area (Å²) in [4.78, 5) is 11.8. The minimum atomic E-state index is 0.895. The molecule has 0 saturated heterocycles. The molecule has 3 heteroatoms. The van der Waals surface area contributed by atoms with Crippen molar-refractivity contribution in [2.75, 3.05) is 0 Å². The molecule has 1 aromatic rings. The van der Waals surface area contributed by atoms with E-state index in [4.69, 9.17) is 0 Å². The number of hydrogen-bond acceptors (Lipinski definition) is 2. The molecule has 0 fully saturated rings. The largest absolute Gasteiger partial charge is 0.344 e. The fraction of sp³-hybridized carbons (Fsp3) is 0.500. The number of aromatic nitrogens is 2. The highest BCUT2D eigenvalue weighted by Crippen LogP contribution is 2.22. The van der Waals surface area contributed by atoms with E-state index in [1.54, 1.807) is 0 Å². The van der Waals surface area contributed by atoms with Gasteiger partial charge in [0.1, 0.15) is 5.82 Å². The van der Waals surface area contributed by atoms with Gasteiger partial charge in [0, 0.05) is 5.71 Å². The van der Waals surface area contributed by atoms with Gasteiger partial charge in [-0.25, -0.2) is 9.98 Å². The van der Waals surface area contributed by atoms with Crippen LogP contribution in [0.25, 0.3) is 0 Å². The van der Waals surface area contributed by atoms with E-state index in [1.165, 1.54) is 11.4 Å². The van der Waals surface area contributed by atoms with E-state index < -0.39 is 0 Å². The molecule has 0 bridgehead atoms. The second kappa shape index (κ2) is 2.19. The SMILES string of the molecule is CC1=Nc2nc(C)[nH]c2CC1. The van der Waals surface area contributed by atoms with Crippen LogP contribution in [0.1, 0.15) is 24.9 Å². The predicted octanol–water partition coefficient (Wildman–Crippen LogP) is 1.76. The molecule has 11 heavy (non-hydrogen) atoms. The first-order valence-electron chi connectivity index (χ1n) is 3.85. The van der Waals surface area contributed by atoms with Crippen LogP contribution >= 0.6 is 0 Å². The Morgan fingerprint density at radius 3 is 2.91 bits per heavy atom. The molecule has 1 aliphatic heterocycles. The van der Waals surface area contributed by atoms with Crippen LogP contribution < -0.4 is 0 Å².